The van der Waals surface area contributed by atoms with Crippen LogP contribution in [0.1, 0.15) is 25.0 Å². The van der Waals surface area contributed by atoms with Gasteiger partial charge in [0.2, 0.25) is 0 Å². The molecule has 1 heterocycles. The van der Waals surface area contributed by atoms with E-state index in [4.69, 9.17) is 0 Å². The molecular formula is C16H24N4. The van der Waals surface area contributed by atoms with E-state index in [1.165, 1.54) is 16.8 Å². The van der Waals surface area contributed by atoms with Crippen LogP contribution in [0.25, 0.3) is 0 Å². The maximum absolute atomic E-state index is 4.18. The third kappa shape index (κ3) is 4.10. The number of nitrogens with one attached hydrogen (secondary N) is 1. The molecule has 0 amide bonds. The fourth-order valence-electron chi connectivity index (χ4n) is 2.25. The van der Waals surface area contributed by atoms with Crippen LogP contribution in [0.3, 0.4) is 0 Å². The van der Waals surface area contributed by atoms with Gasteiger partial charge in [-0.3, -0.25) is 9.58 Å². The van der Waals surface area contributed by atoms with Gasteiger partial charge in [-0.15, -0.1) is 0 Å². The third-order valence-electron chi connectivity index (χ3n) is 3.48. The maximum atomic E-state index is 4.18. The van der Waals surface area contributed by atoms with E-state index >= 15 is 0 Å². The van der Waals surface area contributed by atoms with Gasteiger partial charge < -0.3 is 5.32 Å². The van der Waals surface area contributed by atoms with Gasteiger partial charge in [0.25, 0.3) is 0 Å². The van der Waals surface area contributed by atoms with E-state index in [0.717, 1.165) is 26.2 Å². The number of benzene rings is 1. The number of anilines is 1. The summed E-state index contributed by atoms with van der Waals surface area (Å²) in [6.07, 6.45) is 3.93. The predicted molar refractivity (Wildman–Crippen MR) is 83.6 cm³/mol. The summed E-state index contributed by atoms with van der Waals surface area (Å²) in [5, 5.41) is 7.63. The summed E-state index contributed by atoms with van der Waals surface area (Å²) in [6.45, 7) is 8.40. The SMILES string of the molecule is CCN(CC)Cc1cccc(NCc2cnn(C)c2)c1. The first-order valence-electron chi connectivity index (χ1n) is 7.24. The van der Waals surface area contributed by atoms with Crippen molar-refractivity contribution in [3.63, 3.8) is 0 Å². The molecule has 2 rings (SSSR count). The Morgan fingerprint density at radius 3 is 2.65 bits per heavy atom. The fourth-order valence-corrected chi connectivity index (χ4v) is 2.25. The van der Waals surface area contributed by atoms with Crippen molar-refractivity contribution in [1.29, 1.82) is 0 Å². The van der Waals surface area contributed by atoms with Gasteiger partial charge in [0.05, 0.1) is 6.20 Å². The molecule has 4 nitrogen and oxygen atoms in total. The molecule has 1 aromatic carbocycles. The van der Waals surface area contributed by atoms with Gasteiger partial charge in [-0.2, -0.15) is 5.10 Å². The van der Waals surface area contributed by atoms with Crippen LogP contribution in [0, 0.1) is 0 Å². The highest BCUT2D eigenvalue weighted by atomic mass is 15.2. The first kappa shape index (κ1) is 14.6. The van der Waals surface area contributed by atoms with Gasteiger partial charge in [-0.1, -0.05) is 26.0 Å². The summed E-state index contributed by atoms with van der Waals surface area (Å²) in [7, 11) is 1.94. The molecule has 1 N–H and O–H groups in total. The van der Waals surface area contributed by atoms with Crippen LogP contribution in [-0.4, -0.2) is 27.8 Å². The van der Waals surface area contributed by atoms with E-state index in [1.807, 2.05) is 24.1 Å². The lowest BCUT2D eigenvalue weighted by atomic mass is 10.2. The Balaban J connectivity index is 1.95. The van der Waals surface area contributed by atoms with Crippen molar-refractivity contribution in [2.24, 2.45) is 7.05 Å². The number of nitrogens with zero attached hydrogens (tertiary/aromatic N) is 3. The number of aryl methyl sites for hydroxylation is 1. The molecule has 0 aliphatic heterocycles. The van der Waals surface area contributed by atoms with Gasteiger partial charge in [0, 0.05) is 37.6 Å². The van der Waals surface area contributed by atoms with Crippen molar-refractivity contribution in [3.05, 3.63) is 47.8 Å². The zero-order valence-electron chi connectivity index (χ0n) is 12.6. The van der Waals surface area contributed by atoms with Crippen LogP contribution in [0.4, 0.5) is 5.69 Å². The first-order valence-corrected chi connectivity index (χ1v) is 7.24. The summed E-state index contributed by atoms with van der Waals surface area (Å²) in [5.74, 6) is 0. The Labute approximate surface area is 121 Å². The largest absolute Gasteiger partial charge is 0.381 e. The summed E-state index contributed by atoms with van der Waals surface area (Å²) in [5.41, 5.74) is 3.71. The summed E-state index contributed by atoms with van der Waals surface area (Å²) < 4.78 is 1.83. The number of aromatic nitrogens is 2. The lowest BCUT2D eigenvalue weighted by molar-refractivity contribution is 0.296. The van der Waals surface area contributed by atoms with Crippen molar-refractivity contribution in [2.45, 2.75) is 26.9 Å². The Bertz CT molecular complexity index is 529. The van der Waals surface area contributed by atoms with Crippen molar-refractivity contribution < 1.29 is 0 Å². The van der Waals surface area contributed by atoms with E-state index in [-0.39, 0.29) is 0 Å². The molecule has 20 heavy (non-hydrogen) atoms. The van der Waals surface area contributed by atoms with E-state index in [2.05, 4.69) is 53.4 Å². The van der Waals surface area contributed by atoms with E-state index in [9.17, 15) is 0 Å². The van der Waals surface area contributed by atoms with Crippen LogP contribution >= 0.6 is 0 Å². The molecule has 0 atom stereocenters. The Hall–Kier alpha value is -1.81. The van der Waals surface area contributed by atoms with Crippen LogP contribution in [0.15, 0.2) is 36.7 Å². The Kier molecular flexibility index (Phi) is 5.18. The summed E-state index contributed by atoms with van der Waals surface area (Å²) in [6, 6.07) is 8.65. The highest BCUT2D eigenvalue weighted by molar-refractivity contribution is 5.46. The zero-order chi connectivity index (χ0) is 14.4. The highest BCUT2D eigenvalue weighted by Crippen LogP contribution is 2.13. The highest BCUT2D eigenvalue weighted by Gasteiger charge is 2.02. The van der Waals surface area contributed by atoms with Crippen LogP contribution in [-0.2, 0) is 20.1 Å². The van der Waals surface area contributed by atoms with Gasteiger partial charge in [0.15, 0.2) is 0 Å². The maximum Gasteiger partial charge on any atom is 0.0539 e. The second-order valence-corrected chi connectivity index (χ2v) is 5.04. The van der Waals surface area contributed by atoms with Crippen LogP contribution in [0.5, 0.6) is 0 Å². The molecule has 4 heteroatoms. The minimum atomic E-state index is 0.808. The Morgan fingerprint density at radius 1 is 1.20 bits per heavy atom. The van der Waals surface area contributed by atoms with Crippen molar-refractivity contribution in [2.75, 3.05) is 18.4 Å². The van der Waals surface area contributed by atoms with Crippen molar-refractivity contribution in [1.82, 2.24) is 14.7 Å². The zero-order valence-corrected chi connectivity index (χ0v) is 12.6. The second kappa shape index (κ2) is 7.10. The van der Waals surface area contributed by atoms with Gasteiger partial charge in [-0.25, -0.2) is 0 Å². The molecule has 108 valence electrons. The van der Waals surface area contributed by atoms with Crippen LogP contribution in [0.2, 0.25) is 0 Å². The fraction of sp³-hybridized carbons (Fsp3) is 0.438. The molecule has 0 bridgehead atoms. The number of hydrogen-bond donors (Lipinski definition) is 1. The molecule has 2 aromatic rings. The summed E-state index contributed by atoms with van der Waals surface area (Å²) >= 11 is 0. The minimum absolute atomic E-state index is 0.808. The van der Waals surface area contributed by atoms with Crippen molar-refractivity contribution >= 4 is 5.69 Å². The average molecular weight is 272 g/mol. The molecular weight excluding hydrogens is 248 g/mol. The lowest BCUT2D eigenvalue weighted by Crippen LogP contribution is -2.22. The van der Waals surface area contributed by atoms with Crippen LogP contribution < -0.4 is 5.32 Å². The van der Waals surface area contributed by atoms with E-state index in [1.54, 1.807) is 0 Å². The third-order valence-corrected chi connectivity index (χ3v) is 3.48. The minimum Gasteiger partial charge on any atom is -0.381 e. The molecule has 0 saturated heterocycles. The molecule has 0 fully saturated rings. The quantitative estimate of drug-likeness (QED) is 0.841. The second-order valence-electron chi connectivity index (χ2n) is 5.04. The smallest absolute Gasteiger partial charge is 0.0539 e. The number of rotatable bonds is 7. The van der Waals surface area contributed by atoms with Crippen molar-refractivity contribution in [3.8, 4) is 0 Å². The molecule has 0 spiro atoms. The first-order chi connectivity index (χ1) is 9.71. The summed E-state index contributed by atoms with van der Waals surface area (Å²) in [4.78, 5) is 2.42. The average Bonchev–Trinajstić information content (AvgIpc) is 2.89. The predicted octanol–water partition coefficient (Wildman–Crippen LogP) is 2.87. The van der Waals surface area contributed by atoms with Gasteiger partial charge in [-0.05, 0) is 30.8 Å². The topological polar surface area (TPSA) is 33.1 Å². The normalized spacial score (nSPS) is 11.0. The monoisotopic (exact) mass is 272 g/mol. The molecule has 0 saturated carbocycles. The molecule has 1 aromatic heterocycles. The van der Waals surface area contributed by atoms with E-state index in [0.29, 0.717) is 0 Å². The Morgan fingerprint density at radius 2 is 2.00 bits per heavy atom. The number of hydrogen-bond acceptors (Lipinski definition) is 3. The standard InChI is InChI=1S/C16H24N4/c1-4-20(5-2)13-14-7-6-8-16(9-14)17-10-15-11-18-19(3)12-15/h6-9,11-12,17H,4-5,10,13H2,1-3H3. The molecule has 0 radical (unpaired) electrons. The lowest BCUT2D eigenvalue weighted by Gasteiger charge is -2.18. The molecule has 0 aliphatic rings. The molecule has 0 aliphatic carbocycles. The van der Waals surface area contributed by atoms with Gasteiger partial charge in [0.1, 0.15) is 0 Å². The van der Waals surface area contributed by atoms with E-state index < -0.39 is 0 Å². The molecule has 0 unspecified atom stereocenters. The van der Waals surface area contributed by atoms with Gasteiger partial charge >= 0.3 is 0 Å².